The molecule has 1 aliphatic rings. The van der Waals surface area contributed by atoms with Crippen molar-refractivity contribution in [3.63, 3.8) is 0 Å². The molecule has 2 nitrogen and oxygen atoms in total. The molecule has 7 atom stereocenters. The quantitative estimate of drug-likeness (QED) is 0.0701. The van der Waals surface area contributed by atoms with Crippen LogP contribution < -0.4 is 0 Å². The molecule has 62 heavy (non-hydrogen) atoms. The molecule has 0 spiro atoms. The van der Waals surface area contributed by atoms with Crippen LogP contribution in [0.2, 0.25) is 0 Å². The van der Waals surface area contributed by atoms with Crippen LogP contribution >= 0.6 is 0 Å². The van der Waals surface area contributed by atoms with E-state index in [-0.39, 0.29) is 11.7 Å². The molecule has 0 saturated heterocycles. The molecule has 0 aliphatic heterocycles. The van der Waals surface area contributed by atoms with E-state index in [0.717, 1.165) is 42.7 Å². The largest absolute Gasteiger partial charge is 0.498 e. The Kier molecular flexibility index (Phi) is 31.6. The smallest absolute Gasteiger partial charge is 0.161 e. The van der Waals surface area contributed by atoms with Crippen molar-refractivity contribution in [1.29, 1.82) is 5.26 Å². The van der Waals surface area contributed by atoms with Crippen molar-refractivity contribution in [2.24, 2.45) is 46.8 Å². The van der Waals surface area contributed by atoms with E-state index in [1.165, 1.54) is 72.0 Å². The fourth-order valence-corrected chi connectivity index (χ4v) is 8.30. The predicted octanol–water partition coefficient (Wildman–Crippen LogP) is 19.6. The van der Waals surface area contributed by atoms with Gasteiger partial charge in [-0.25, -0.2) is 4.39 Å². The van der Waals surface area contributed by atoms with Crippen LogP contribution in [-0.2, 0) is 4.74 Å². The molecule has 1 aliphatic carbocycles. The summed E-state index contributed by atoms with van der Waals surface area (Å²) in [6, 6.07) is 10.1. The molecule has 0 bridgehead atoms. The Balaban J connectivity index is 0. The number of halogens is 1. The van der Waals surface area contributed by atoms with Gasteiger partial charge in [-0.05, 0) is 153 Å². The van der Waals surface area contributed by atoms with Crippen LogP contribution in [0.4, 0.5) is 4.39 Å². The first kappa shape index (κ1) is 60.7. The minimum atomic E-state index is -0.263. The second-order valence-electron chi connectivity index (χ2n) is 18.7. The number of nitriles is 1. The summed E-state index contributed by atoms with van der Waals surface area (Å²) in [7, 11) is 1.55. The van der Waals surface area contributed by atoms with Crippen molar-refractivity contribution in [3.05, 3.63) is 112 Å². The van der Waals surface area contributed by atoms with E-state index in [2.05, 4.69) is 141 Å². The number of rotatable bonds is 21. The topological polar surface area (TPSA) is 33.0 Å². The Bertz CT molecular complexity index is 1660. The Morgan fingerprint density at radius 1 is 0.952 bits per heavy atom. The van der Waals surface area contributed by atoms with Gasteiger partial charge in [-0.3, -0.25) is 0 Å². The lowest BCUT2D eigenvalue weighted by Gasteiger charge is -2.33. The molecule has 0 radical (unpaired) electrons. The average molecular weight is 856 g/mol. The van der Waals surface area contributed by atoms with E-state index in [0.29, 0.717) is 40.8 Å². The van der Waals surface area contributed by atoms with Gasteiger partial charge >= 0.3 is 0 Å². The third-order valence-electron chi connectivity index (χ3n) is 14.2. The lowest BCUT2D eigenvalue weighted by Crippen LogP contribution is -2.25. The van der Waals surface area contributed by atoms with Crippen LogP contribution in [-0.4, -0.2) is 7.11 Å². The van der Waals surface area contributed by atoms with Gasteiger partial charge in [0.05, 0.1) is 18.7 Å². The van der Waals surface area contributed by atoms with Crippen LogP contribution in [0, 0.1) is 58.2 Å². The Hall–Kier alpha value is -3.38. The first-order chi connectivity index (χ1) is 29.2. The standard InChI is InChI=1S/C22H27N.C21H37FO.C14H28.C2H6/c1-6-19-12-15(3)16(4)22(17(19)5)13-20(7-2)21-10-8-18(14-23)9-11-21;1-10-15(6)20(17(8)14(4)5)18(12-3)13-19(22)21(23-9)16(7)11-2;1-7-10-14(6,12(3)4)11-9-13(5)8-2;1-2/h8-11,13,15H,6-7,12H2,1-5H3;12-17,20H,3,10-11H2,1-2,4-9H3;13H,3,7-11H2,1-2,4-6H3;1-2H3/b20-13+;18-13+,21-19-;;. The number of methoxy groups -OCH3 is 1. The van der Waals surface area contributed by atoms with Crippen LogP contribution in [0.25, 0.3) is 5.57 Å². The van der Waals surface area contributed by atoms with Gasteiger partial charge in [0.15, 0.2) is 5.83 Å². The lowest BCUT2D eigenvalue weighted by molar-refractivity contribution is 0.229. The van der Waals surface area contributed by atoms with E-state index in [1.807, 2.05) is 45.9 Å². The minimum absolute atomic E-state index is 0.0758. The Morgan fingerprint density at radius 3 is 1.94 bits per heavy atom. The zero-order chi connectivity index (χ0) is 48.3. The Labute approximate surface area is 386 Å². The van der Waals surface area contributed by atoms with Crippen LogP contribution in [0.5, 0.6) is 0 Å². The highest BCUT2D eigenvalue weighted by atomic mass is 19.1. The molecule has 7 unspecified atom stereocenters. The SMILES string of the molecule is C=C(C)C(C)(CCC)CCC(C)CC.C=C/C(=C\C(F)=C(\OC)C(C)CC)C(C(C)CC)C(C)C(C)C.CC.CCC1=C(C)C(/C=C(\CC)c2ccc(C#N)cc2)=C(C)C(C)C1. The van der Waals surface area contributed by atoms with E-state index in [4.69, 9.17) is 10.00 Å². The first-order valence-corrected chi connectivity index (χ1v) is 24.8. The van der Waals surface area contributed by atoms with Crippen LogP contribution in [0.1, 0.15) is 207 Å². The molecular formula is C59H98FNO. The van der Waals surface area contributed by atoms with Gasteiger partial charge < -0.3 is 4.74 Å². The molecule has 2 rings (SSSR count). The predicted molar refractivity (Wildman–Crippen MR) is 277 cm³/mol. The summed E-state index contributed by atoms with van der Waals surface area (Å²) in [5.74, 6) is 3.54. The average Bonchev–Trinajstić information content (AvgIpc) is 3.27. The second-order valence-corrected chi connectivity index (χ2v) is 18.7. The van der Waals surface area contributed by atoms with Gasteiger partial charge in [0, 0.05) is 5.92 Å². The van der Waals surface area contributed by atoms with Crippen LogP contribution in [0.15, 0.2) is 101 Å². The van der Waals surface area contributed by atoms with E-state index >= 15 is 0 Å². The zero-order valence-electron chi connectivity index (χ0n) is 44.3. The summed E-state index contributed by atoms with van der Waals surface area (Å²) >= 11 is 0. The van der Waals surface area contributed by atoms with Gasteiger partial charge in [-0.2, -0.15) is 5.26 Å². The normalized spacial score (nSPS) is 18.2. The van der Waals surface area contributed by atoms with Gasteiger partial charge in [0.1, 0.15) is 5.76 Å². The van der Waals surface area contributed by atoms with Gasteiger partial charge in [-0.1, -0.05) is 184 Å². The summed E-state index contributed by atoms with van der Waals surface area (Å²) in [6.45, 7) is 50.1. The molecule has 0 aromatic heterocycles. The third kappa shape index (κ3) is 19.6. The molecule has 3 heteroatoms. The summed E-state index contributed by atoms with van der Waals surface area (Å²) in [5, 5.41) is 8.96. The summed E-state index contributed by atoms with van der Waals surface area (Å²) in [6.07, 6.45) is 17.6. The first-order valence-electron chi connectivity index (χ1n) is 24.8. The highest BCUT2D eigenvalue weighted by Gasteiger charge is 2.28. The number of ether oxygens (including phenoxy) is 1. The van der Waals surface area contributed by atoms with E-state index in [1.54, 1.807) is 18.8 Å². The number of hydrogen-bond acceptors (Lipinski definition) is 2. The van der Waals surface area contributed by atoms with Crippen molar-refractivity contribution in [3.8, 4) is 6.07 Å². The highest BCUT2D eigenvalue weighted by molar-refractivity contribution is 5.71. The van der Waals surface area contributed by atoms with Crippen molar-refractivity contribution < 1.29 is 9.13 Å². The van der Waals surface area contributed by atoms with Crippen molar-refractivity contribution >= 4 is 5.57 Å². The van der Waals surface area contributed by atoms with Gasteiger partial charge in [0.2, 0.25) is 0 Å². The number of nitrogens with zero attached hydrogens (tertiary/aromatic N) is 1. The lowest BCUT2D eigenvalue weighted by atomic mass is 9.72. The highest BCUT2D eigenvalue weighted by Crippen LogP contribution is 2.40. The molecule has 1 aromatic carbocycles. The van der Waals surface area contributed by atoms with Crippen LogP contribution in [0.3, 0.4) is 0 Å². The summed E-state index contributed by atoms with van der Waals surface area (Å²) in [5.41, 5.74) is 12.0. The number of hydrogen-bond donors (Lipinski definition) is 0. The second kappa shape index (κ2) is 32.3. The fraction of sp³-hybridized carbons (Fsp3) is 0.644. The van der Waals surface area contributed by atoms with Crippen molar-refractivity contribution in [2.75, 3.05) is 7.11 Å². The molecular weight excluding hydrogens is 758 g/mol. The van der Waals surface area contributed by atoms with Crippen molar-refractivity contribution in [2.45, 2.75) is 196 Å². The van der Waals surface area contributed by atoms with E-state index in [9.17, 15) is 4.39 Å². The molecule has 352 valence electrons. The Morgan fingerprint density at radius 2 is 1.53 bits per heavy atom. The molecule has 0 saturated carbocycles. The summed E-state index contributed by atoms with van der Waals surface area (Å²) < 4.78 is 20.1. The third-order valence-corrected chi connectivity index (χ3v) is 14.2. The maximum absolute atomic E-state index is 14.8. The summed E-state index contributed by atoms with van der Waals surface area (Å²) in [4.78, 5) is 0. The maximum Gasteiger partial charge on any atom is 0.161 e. The minimum Gasteiger partial charge on any atom is -0.498 e. The van der Waals surface area contributed by atoms with Gasteiger partial charge in [0.25, 0.3) is 0 Å². The molecule has 0 heterocycles. The maximum atomic E-state index is 14.8. The zero-order valence-corrected chi connectivity index (χ0v) is 44.3. The van der Waals surface area contributed by atoms with E-state index < -0.39 is 0 Å². The fourth-order valence-electron chi connectivity index (χ4n) is 8.30. The molecule has 0 fully saturated rings. The number of benzene rings is 1. The molecule has 0 amide bonds. The van der Waals surface area contributed by atoms with Crippen molar-refractivity contribution in [1.82, 2.24) is 0 Å². The molecule has 0 N–H and O–H groups in total. The molecule has 1 aromatic rings. The number of allylic oxidation sites excluding steroid dienone is 12. The van der Waals surface area contributed by atoms with Gasteiger partial charge in [-0.15, -0.1) is 0 Å². The monoisotopic (exact) mass is 856 g/mol.